The van der Waals surface area contributed by atoms with E-state index in [0.717, 1.165) is 0 Å². The second kappa shape index (κ2) is 4.99. The number of hydrogen-bond donors (Lipinski definition) is 4. The van der Waals surface area contributed by atoms with Crippen LogP contribution in [0.15, 0.2) is 24.5 Å². The quantitative estimate of drug-likeness (QED) is 0.453. The first kappa shape index (κ1) is 12.9. The SMILES string of the molecule is NC(=O)c1ccc[n+]([C@@H]2OC(CO)[C@@H](O)[C@H]2O)c1. The molecule has 0 spiro atoms. The van der Waals surface area contributed by atoms with Gasteiger partial charge >= 0.3 is 0 Å². The predicted octanol–water partition coefficient (Wildman–Crippen LogP) is -2.32. The number of nitrogens with zero attached hydrogens (tertiary/aromatic N) is 1. The highest BCUT2D eigenvalue weighted by molar-refractivity contribution is 5.92. The Morgan fingerprint density at radius 2 is 2.17 bits per heavy atom. The highest BCUT2D eigenvalue weighted by Crippen LogP contribution is 2.24. The number of nitrogens with two attached hydrogens (primary N) is 1. The predicted molar refractivity (Wildman–Crippen MR) is 58.2 cm³/mol. The van der Waals surface area contributed by atoms with E-state index in [0.29, 0.717) is 0 Å². The molecule has 1 aromatic rings. The molecule has 5 N–H and O–H groups in total. The molecule has 1 aromatic heterocycles. The Hall–Kier alpha value is -1.54. The molecular formula is C11H15N2O5+. The van der Waals surface area contributed by atoms with E-state index < -0.39 is 37.1 Å². The van der Waals surface area contributed by atoms with Crippen LogP contribution >= 0.6 is 0 Å². The number of carbonyl (C=O) groups is 1. The van der Waals surface area contributed by atoms with Gasteiger partial charge in [-0.05, 0) is 6.07 Å². The van der Waals surface area contributed by atoms with Crippen molar-refractivity contribution in [3.8, 4) is 0 Å². The molecule has 0 saturated carbocycles. The highest BCUT2D eigenvalue weighted by Gasteiger charge is 2.47. The lowest BCUT2D eigenvalue weighted by atomic mass is 10.1. The third-order valence-corrected chi connectivity index (χ3v) is 2.92. The van der Waals surface area contributed by atoms with Gasteiger partial charge in [-0.1, -0.05) is 0 Å². The van der Waals surface area contributed by atoms with Gasteiger partial charge in [0.05, 0.1) is 6.61 Å². The third kappa shape index (κ3) is 2.21. The monoisotopic (exact) mass is 255 g/mol. The van der Waals surface area contributed by atoms with Crippen LogP contribution in [-0.2, 0) is 4.74 Å². The number of aliphatic hydroxyl groups excluding tert-OH is 3. The van der Waals surface area contributed by atoms with E-state index in [2.05, 4.69) is 0 Å². The molecule has 4 atom stereocenters. The van der Waals surface area contributed by atoms with Crippen LogP contribution < -0.4 is 10.3 Å². The lowest BCUT2D eigenvalue weighted by Crippen LogP contribution is -2.46. The van der Waals surface area contributed by atoms with Gasteiger partial charge in [0.25, 0.3) is 12.1 Å². The number of ether oxygens (including phenoxy) is 1. The van der Waals surface area contributed by atoms with Gasteiger partial charge in [0.15, 0.2) is 18.5 Å². The normalized spacial score (nSPS) is 31.5. The van der Waals surface area contributed by atoms with Gasteiger partial charge in [0, 0.05) is 6.07 Å². The molecule has 1 fully saturated rings. The van der Waals surface area contributed by atoms with Crippen molar-refractivity contribution < 1.29 is 29.4 Å². The summed E-state index contributed by atoms with van der Waals surface area (Å²) in [6.45, 7) is -0.398. The summed E-state index contributed by atoms with van der Waals surface area (Å²) in [7, 11) is 0. The van der Waals surface area contributed by atoms with E-state index in [1.807, 2.05) is 0 Å². The van der Waals surface area contributed by atoms with Gasteiger partial charge in [0.1, 0.15) is 17.8 Å². The highest BCUT2D eigenvalue weighted by atomic mass is 16.6. The van der Waals surface area contributed by atoms with Crippen molar-refractivity contribution in [2.24, 2.45) is 5.73 Å². The van der Waals surface area contributed by atoms with Gasteiger partial charge < -0.3 is 25.8 Å². The second-order valence-corrected chi connectivity index (χ2v) is 4.13. The van der Waals surface area contributed by atoms with Crippen molar-refractivity contribution in [2.75, 3.05) is 6.61 Å². The molecule has 1 aliphatic heterocycles. The van der Waals surface area contributed by atoms with Crippen LogP contribution in [0.5, 0.6) is 0 Å². The Kier molecular flexibility index (Phi) is 3.58. The number of pyridine rings is 1. The summed E-state index contributed by atoms with van der Waals surface area (Å²) >= 11 is 0. The minimum absolute atomic E-state index is 0.259. The molecule has 2 rings (SSSR count). The fraction of sp³-hybridized carbons (Fsp3) is 0.455. The fourth-order valence-corrected chi connectivity index (χ4v) is 1.92. The fourth-order valence-electron chi connectivity index (χ4n) is 1.92. The summed E-state index contributed by atoms with van der Waals surface area (Å²) in [6.07, 6.45) is -1.08. The summed E-state index contributed by atoms with van der Waals surface area (Å²) < 4.78 is 6.75. The van der Waals surface area contributed by atoms with Crippen molar-refractivity contribution in [3.63, 3.8) is 0 Å². The summed E-state index contributed by atoms with van der Waals surface area (Å²) in [4.78, 5) is 11.1. The summed E-state index contributed by atoms with van der Waals surface area (Å²) in [5.41, 5.74) is 5.41. The number of hydrogen-bond acceptors (Lipinski definition) is 5. The Bertz CT molecular complexity index is 453. The van der Waals surface area contributed by atoms with Gasteiger partial charge in [-0.2, -0.15) is 4.57 Å². The molecule has 7 nitrogen and oxygen atoms in total. The number of rotatable bonds is 3. The average molecular weight is 255 g/mol. The zero-order chi connectivity index (χ0) is 13.3. The van der Waals surface area contributed by atoms with E-state index in [9.17, 15) is 15.0 Å². The minimum Gasteiger partial charge on any atom is -0.394 e. The molecule has 1 amide bonds. The molecule has 0 aromatic carbocycles. The van der Waals surface area contributed by atoms with Crippen LogP contribution in [0.4, 0.5) is 0 Å². The van der Waals surface area contributed by atoms with E-state index in [4.69, 9.17) is 15.6 Å². The lowest BCUT2D eigenvalue weighted by Gasteiger charge is -2.09. The van der Waals surface area contributed by atoms with E-state index >= 15 is 0 Å². The molecule has 0 aliphatic carbocycles. The molecule has 0 radical (unpaired) electrons. The van der Waals surface area contributed by atoms with Crippen molar-refractivity contribution in [1.82, 2.24) is 0 Å². The molecular weight excluding hydrogens is 240 g/mol. The lowest BCUT2D eigenvalue weighted by molar-refractivity contribution is -0.765. The van der Waals surface area contributed by atoms with Crippen LogP contribution in [-0.4, -0.2) is 46.1 Å². The van der Waals surface area contributed by atoms with Gasteiger partial charge in [-0.3, -0.25) is 4.79 Å². The van der Waals surface area contributed by atoms with Crippen molar-refractivity contribution in [3.05, 3.63) is 30.1 Å². The topological polar surface area (TPSA) is 117 Å². The summed E-state index contributed by atoms with van der Waals surface area (Å²) in [6, 6.07) is 3.11. The van der Waals surface area contributed by atoms with Gasteiger partial charge in [-0.25, -0.2) is 0 Å². The maximum atomic E-state index is 11.1. The maximum Gasteiger partial charge on any atom is 0.292 e. The van der Waals surface area contributed by atoms with Crippen LogP contribution in [0.1, 0.15) is 16.6 Å². The Morgan fingerprint density at radius 3 is 2.72 bits per heavy atom. The molecule has 2 heterocycles. The number of carbonyl (C=O) groups excluding carboxylic acids is 1. The smallest absolute Gasteiger partial charge is 0.292 e. The molecule has 1 unspecified atom stereocenters. The van der Waals surface area contributed by atoms with Crippen molar-refractivity contribution in [2.45, 2.75) is 24.5 Å². The van der Waals surface area contributed by atoms with Crippen LogP contribution in [0.2, 0.25) is 0 Å². The first-order valence-electron chi connectivity index (χ1n) is 5.47. The second-order valence-electron chi connectivity index (χ2n) is 4.13. The Balaban J connectivity index is 2.27. The third-order valence-electron chi connectivity index (χ3n) is 2.92. The minimum atomic E-state index is -1.18. The zero-order valence-corrected chi connectivity index (χ0v) is 9.51. The van der Waals surface area contributed by atoms with Crippen LogP contribution in [0, 0.1) is 0 Å². The molecule has 98 valence electrons. The standard InChI is InChI=1S/C11H14N2O5/c12-10(17)6-2-1-3-13(4-6)11-9(16)8(15)7(5-14)18-11/h1-4,7-9,11,14-16H,5H2,(H-,12,17)/p+1/t7?,8-,9-,11-/m1/s1. The summed E-state index contributed by atoms with van der Waals surface area (Å²) in [5, 5.41) is 28.4. The first-order valence-corrected chi connectivity index (χ1v) is 5.47. The molecule has 1 aliphatic rings. The average Bonchev–Trinajstić information content (AvgIpc) is 2.66. The van der Waals surface area contributed by atoms with E-state index in [1.165, 1.54) is 16.8 Å². The summed E-state index contributed by atoms with van der Waals surface area (Å²) in [5.74, 6) is -0.601. The molecule has 0 bridgehead atoms. The Morgan fingerprint density at radius 1 is 1.44 bits per heavy atom. The zero-order valence-electron chi connectivity index (χ0n) is 9.51. The maximum absolute atomic E-state index is 11.1. The Labute approximate surface area is 103 Å². The van der Waals surface area contributed by atoms with Gasteiger partial charge in [-0.15, -0.1) is 0 Å². The van der Waals surface area contributed by atoms with Crippen molar-refractivity contribution in [1.29, 1.82) is 0 Å². The first-order chi connectivity index (χ1) is 8.54. The van der Waals surface area contributed by atoms with E-state index in [1.54, 1.807) is 12.3 Å². The number of aliphatic hydroxyl groups is 3. The molecule has 1 saturated heterocycles. The number of amides is 1. The van der Waals surface area contributed by atoms with E-state index in [-0.39, 0.29) is 5.56 Å². The van der Waals surface area contributed by atoms with Crippen LogP contribution in [0.25, 0.3) is 0 Å². The number of aromatic nitrogens is 1. The largest absolute Gasteiger partial charge is 0.394 e. The molecule has 7 heteroatoms. The van der Waals surface area contributed by atoms with Crippen molar-refractivity contribution >= 4 is 5.91 Å². The number of primary amides is 1. The molecule has 18 heavy (non-hydrogen) atoms. The van der Waals surface area contributed by atoms with Crippen LogP contribution in [0.3, 0.4) is 0 Å². The van der Waals surface area contributed by atoms with Gasteiger partial charge in [0.2, 0.25) is 0 Å².